The lowest BCUT2D eigenvalue weighted by Crippen LogP contribution is -2.23. The third kappa shape index (κ3) is 3.09. The molecule has 2 rings (SSSR count). The summed E-state index contributed by atoms with van der Waals surface area (Å²) in [4.78, 5) is 11.5. The van der Waals surface area contributed by atoms with Gasteiger partial charge in [0.2, 0.25) is 0 Å². The van der Waals surface area contributed by atoms with E-state index in [1.807, 2.05) is 24.3 Å². The summed E-state index contributed by atoms with van der Waals surface area (Å²) >= 11 is 3.38. The molecule has 1 aliphatic rings. The molecule has 1 saturated carbocycles. The molecule has 0 radical (unpaired) electrons. The molecule has 1 atom stereocenters. The highest BCUT2D eigenvalue weighted by Gasteiger charge is 2.30. The van der Waals surface area contributed by atoms with E-state index in [-0.39, 0.29) is 5.92 Å². The van der Waals surface area contributed by atoms with E-state index in [0.717, 1.165) is 22.9 Å². The molecule has 92 valence electrons. The molecule has 0 bridgehead atoms. The highest BCUT2D eigenvalue weighted by molar-refractivity contribution is 9.10. The largest absolute Gasteiger partial charge is 0.481 e. The summed E-state index contributed by atoms with van der Waals surface area (Å²) in [5.41, 5.74) is 0.938. The maximum absolute atomic E-state index is 11.5. The lowest BCUT2D eigenvalue weighted by Gasteiger charge is -2.27. The first kappa shape index (κ1) is 12.6. The molecule has 1 N–H and O–H groups in total. The number of carbonyl (C=O) groups is 1. The molecule has 0 spiro atoms. The van der Waals surface area contributed by atoms with Gasteiger partial charge in [0.15, 0.2) is 0 Å². The summed E-state index contributed by atoms with van der Waals surface area (Å²) in [6.07, 6.45) is 5.69. The van der Waals surface area contributed by atoms with Gasteiger partial charge in [-0.25, -0.2) is 0 Å². The van der Waals surface area contributed by atoms with Gasteiger partial charge in [-0.1, -0.05) is 47.3 Å². The van der Waals surface area contributed by atoms with E-state index in [1.54, 1.807) is 0 Å². The lowest BCUT2D eigenvalue weighted by molar-refractivity contribution is -0.140. The zero-order valence-corrected chi connectivity index (χ0v) is 11.3. The Bertz CT molecular complexity index is 380. The van der Waals surface area contributed by atoms with Crippen molar-refractivity contribution in [2.75, 3.05) is 0 Å². The molecule has 1 fully saturated rings. The van der Waals surface area contributed by atoms with Crippen molar-refractivity contribution >= 4 is 21.9 Å². The Morgan fingerprint density at radius 2 is 1.76 bits per heavy atom. The standard InChI is InChI=1S/C14H17BrO2/c15-12-8-6-11(7-9-12)13(14(16)17)10-4-2-1-3-5-10/h6-10,13H,1-5H2,(H,16,17)/t13-/m1/s1. The van der Waals surface area contributed by atoms with Crippen LogP contribution in [0.2, 0.25) is 0 Å². The molecule has 0 unspecified atom stereocenters. The second-order valence-corrected chi connectivity index (χ2v) is 5.68. The van der Waals surface area contributed by atoms with E-state index in [2.05, 4.69) is 15.9 Å². The fourth-order valence-electron chi connectivity index (χ4n) is 2.75. The van der Waals surface area contributed by atoms with Crippen molar-refractivity contribution in [3.8, 4) is 0 Å². The number of rotatable bonds is 3. The summed E-state index contributed by atoms with van der Waals surface area (Å²) in [5.74, 6) is -0.704. The highest BCUT2D eigenvalue weighted by atomic mass is 79.9. The number of aliphatic carboxylic acids is 1. The zero-order chi connectivity index (χ0) is 12.3. The molecule has 0 aliphatic heterocycles. The molecule has 1 aromatic rings. The fourth-order valence-corrected chi connectivity index (χ4v) is 3.02. The molecule has 0 heterocycles. The number of hydrogen-bond acceptors (Lipinski definition) is 1. The average Bonchev–Trinajstić information content (AvgIpc) is 2.33. The van der Waals surface area contributed by atoms with Gasteiger partial charge in [0, 0.05) is 4.47 Å². The topological polar surface area (TPSA) is 37.3 Å². The SMILES string of the molecule is O=C(O)[C@@H](c1ccc(Br)cc1)C1CCCCC1. The van der Waals surface area contributed by atoms with Gasteiger partial charge in [-0.2, -0.15) is 0 Å². The Balaban J connectivity index is 2.21. The Morgan fingerprint density at radius 3 is 2.29 bits per heavy atom. The quantitative estimate of drug-likeness (QED) is 0.908. The molecule has 1 aliphatic carbocycles. The van der Waals surface area contributed by atoms with E-state index in [9.17, 15) is 9.90 Å². The predicted molar refractivity (Wildman–Crippen MR) is 71.1 cm³/mol. The fraction of sp³-hybridized carbons (Fsp3) is 0.500. The van der Waals surface area contributed by atoms with Crippen LogP contribution in [0.3, 0.4) is 0 Å². The Morgan fingerprint density at radius 1 is 1.18 bits per heavy atom. The third-order valence-corrected chi connectivity index (χ3v) is 4.15. The lowest BCUT2D eigenvalue weighted by atomic mass is 9.77. The molecule has 0 aromatic heterocycles. The first-order chi connectivity index (χ1) is 8.18. The van der Waals surface area contributed by atoms with Crippen LogP contribution in [0.25, 0.3) is 0 Å². The van der Waals surface area contributed by atoms with Crippen LogP contribution in [0.15, 0.2) is 28.7 Å². The van der Waals surface area contributed by atoms with Gasteiger partial charge in [0.05, 0.1) is 5.92 Å². The second-order valence-electron chi connectivity index (χ2n) is 4.77. The van der Waals surface area contributed by atoms with Gasteiger partial charge in [-0.05, 0) is 36.5 Å². The molecule has 2 nitrogen and oxygen atoms in total. The number of hydrogen-bond donors (Lipinski definition) is 1. The molecular formula is C14H17BrO2. The van der Waals surface area contributed by atoms with Crippen molar-refractivity contribution in [1.29, 1.82) is 0 Å². The molecular weight excluding hydrogens is 280 g/mol. The molecule has 3 heteroatoms. The van der Waals surface area contributed by atoms with Crippen LogP contribution < -0.4 is 0 Å². The first-order valence-electron chi connectivity index (χ1n) is 6.17. The van der Waals surface area contributed by atoms with E-state index in [1.165, 1.54) is 19.3 Å². The van der Waals surface area contributed by atoms with Gasteiger partial charge >= 0.3 is 5.97 Å². The van der Waals surface area contributed by atoms with Gasteiger partial charge in [-0.15, -0.1) is 0 Å². The van der Waals surface area contributed by atoms with Crippen molar-refractivity contribution in [2.24, 2.45) is 5.92 Å². The van der Waals surface area contributed by atoms with Gasteiger partial charge in [0.25, 0.3) is 0 Å². The Labute approximate surface area is 110 Å². The Kier molecular flexibility index (Phi) is 4.21. The van der Waals surface area contributed by atoms with E-state index < -0.39 is 5.97 Å². The van der Waals surface area contributed by atoms with Crippen molar-refractivity contribution in [1.82, 2.24) is 0 Å². The number of carboxylic acids is 1. The number of carboxylic acid groups (broad SMARTS) is 1. The maximum Gasteiger partial charge on any atom is 0.311 e. The normalized spacial score (nSPS) is 18.9. The number of benzene rings is 1. The van der Waals surface area contributed by atoms with Crippen LogP contribution in [0.1, 0.15) is 43.6 Å². The van der Waals surface area contributed by atoms with Gasteiger partial charge < -0.3 is 5.11 Å². The van der Waals surface area contributed by atoms with Crippen molar-refractivity contribution in [3.05, 3.63) is 34.3 Å². The summed E-state index contributed by atoms with van der Waals surface area (Å²) in [7, 11) is 0. The third-order valence-electron chi connectivity index (χ3n) is 3.62. The average molecular weight is 297 g/mol. The summed E-state index contributed by atoms with van der Waals surface area (Å²) < 4.78 is 0.994. The Hall–Kier alpha value is -0.830. The molecule has 17 heavy (non-hydrogen) atoms. The highest BCUT2D eigenvalue weighted by Crippen LogP contribution is 2.36. The van der Waals surface area contributed by atoms with Crippen LogP contribution in [0, 0.1) is 5.92 Å². The zero-order valence-electron chi connectivity index (χ0n) is 9.73. The van der Waals surface area contributed by atoms with Crippen LogP contribution in [0.5, 0.6) is 0 Å². The van der Waals surface area contributed by atoms with E-state index >= 15 is 0 Å². The number of halogens is 1. The predicted octanol–water partition coefficient (Wildman–Crippen LogP) is 4.20. The molecule has 1 aromatic carbocycles. The minimum absolute atomic E-state index is 0.308. The van der Waals surface area contributed by atoms with Crippen LogP contribution >= 0.6 is 15.9 Å². The van der Waals surface area contributed by atoms with Crippen LogP contribution in [-0.2, 0) is 4.79 Å². The van der Waals surface area contributed by atoms with Crippen molar-refractivity contribution in [2.45, 2.75) is 38.0 Å². The smallest absolute Gasteiger partial charge is 0.311 e. The van der Waals surface area contributed by atoms with Crippen molar-refractivity contribution in [3.63, 3.8) is 0 Å². The summed E-state index contributed by atoms with van der Waals surface area (Å²) in [6, 6.07) is 7.71. The van der Waals surface area contributed by atoms with E-state index in [4.69, 9.17) is 0 Å². The first-order valence-corrected chi connectivity index (χ1v) is 6.96. The second kappa shape index (κ2) is 5.67. The minimum atomic E-state index is -0.681. The van der Waals surface area contributed by atoms with Crippen molar-refractivity contribution < 1.29 is 9.90 Å². The molecule has 0 amide bonds. The maximum atomic E-state index is 11.5. The molecule has 0 saturated heterocycles. The van der Waals surface area contributed by atoms with Gasteiger partial charge in [0.1, 0.15) is 0 Å². The monoisotopic (exact) mass is 296 g/mol. The summed E-state index contributed by atoms with van der Waals surface area (Å²) in [6.45, 7) is 0. The van der Waals surface area contributed by atoms with Crippen LogP contribution in [0.4, 0.5) is 0 Å². The minimum Gasteiger partial charge on any atom is -0.481 e. The van der Waals surface area contributed by atoms with Gasteiger partial charge in [-0.3, -0.25) is 4.79 Å². The summed E-state index contributed by atoms with van der Waals surface area (Å²) in [5, 5.41) is 9.44. The van der Waals surface area contributed by atoms with Crippen LogP contribution in [-0.4, -0.2) is 11.1 Å². The van der Waals surface area contributed by atoms with E-state index in [0.29, 0.717) is 5.92 Å².